The molecule has 0 amide bonds. The zero-order valence-electron chi connectivity index (χ0n) is 23.5. The summed E-state index contributed by atoms with van der Waals surface area (Å²) in [5.41, 5.74) is 0. The van der Waals surface area contributed by atoms with Crippen LogP contribution in [-0.4, -0.2) is 19.5 Å². The summed E-state index contributed by atoms with van der Waals surface area (Å²) in [6, 6.07) is 0. The molecule has 0 radical (unpaired) electrons. The predicted octanol–water partition coefficient (Wildman–Crippen LogP) is 10.9. The van der Waals surface area contributed by atoms with Crippen molar-refractivity contribution in [3.63, 3.8) is 0 Å². The van der Waals surface area contributed by atoms with Crippen molar-refractivity contribution in [1.82, 2.24) is 0 Å². The van der Waals surface area contributed by atoms with Crippen LogP contribution in [0.15, 0.2) is 12.2 Å². The van der Waals surface area contributed by atoms with Crippen molar-refractivity contribution in [3.05, 3.63) is 12.2 Å². The molecule has 0 saturated carbocycles. The molecule has 0 spiro atoms. The summed E-state index contributed by atoms with van der Waals surface area (Å²) in [5, 5.41) is 0. The lowest BCUT2D eigenvalue weighted by atomic mass is 9.97. The Bertz CT molecular complexity index is 413. The van der Waals surface area contributed by atoms with Gasteiger partial charge in [0.15, 0.2) is 6.29 Å². The summed E-state index contributed by atoms with van der Waals surface area (Å²) in [6.07, 6.45) is 37.8. The second-order valence-electron chi connectivity index (χ2n) is 11.1. The molecule has 1 aliphatic heterocycles. The van der Waals surface area contributed by atoms with Gasteiger partial charge in [-0.05, 0) is 57.3 Å². The molecule has 1 fully saturated rings. The maximum absolute atomic E-state index is 5.81. The van der Waals surface area contributed by atoms with Gasteiger partial charge in [0.25, 0.3) is 0 Å². The molecule has 0 aromatic carbocycles. The highest BCUT2D eigenvalue weighted by Crippen LogP contribution is 2.18. The summed E-state index contributed by atoms with van der Waals surface area (Å²) in [6.45, 7) is 6.52. The van der Waals surface area contributed by atoms with Gasteiger partial charge in [0, 0.05) is 13.2 Å². The predicted molar refractivity (Wildman–Crippen MR) is 150 cm³/mol. The van der Waals surface area contributed by atoms with E-state index in [1.807, 2.05) is 0 Å². The first kappa shape index (κ1) is 31.7. The van der Waals surface area contributed by atoms with E-state index < -0.39 is 0 Å². The van der Waals surface area contributed by atoms with Crippen LogP contribution < -0.4 is 0 Å². The fourth-order valence-electron chi connectivity index (χ4n) is 5.05. The normalized spacial score (nSPS) is 17.5. The van der Waals surface area contributed by atoms with Crippen LogP contribution in [0.4, 0.5) is 0 Å². The van der Waals surface area contributed by atoms with Crippen molar-refractivity contribution in [1.29, 1.82) is 0 Å². The molecule has 0 N–H and O–H groups in total. The van der Waals surface area contributed by atoms with Crippen molar-refractivity contribution in [2.75, 3.05) is 13.2 Å². The lowest BCUT2D eigenvalue weighted by Crippen LogP contribution is -2.22. The fourth-order valence-corrected chi connectivity index (χ4v) is 5.05. The van der Waals surface area contributed by atoms with E-state index in [1.54, 1.807) is 0 Å². The molecular formula is C32H62O2. The second kappa shape index (κ2) is 25.7. The molecule has 0 bridgehead atoms. The third-order valence-corrected chi connectivity index (χ3v) is 7.50. The standard InChI is InChI=1S/C32H62O2/c1-3-4-5-6-7-8-9-10-12-15-18-21-26-31(2)27-22-19-16-13-11-14-17-20-24-29-33-32-28-23-25-30-34-32/h16,19,31-32H,3-15,17-18,20-30H2,1-2H3. The average molecular weight is 479 g/mol. The summed E-state index contributed by atoms with van der Waals surface area (Å²) in [7, 11) is 0. The van der Waals surface area contributed by atoms with Crippen LogP contribution in [-0.2, 0) is 9.47 Å². The van der Waals surface area contributed by atoms with Crippen molar-refractivity contribution in [2.45, 2.75) is 174 Å². The molecular weight excluding hydrogens is 416 g/mol. The van der Waals surface area contributed by atoms with E-state index in [0.29, 0.717) is 0 Å². The number of unbranched alkanes of at least 4 members (excludes halogenated alkanes) is 16. The topological polar surface area (TPSA) is 18.5 Å². The highest BCUT2D eigenvalue weighted by molar-refractivity contribution is 4.82. The van der Waals surface area contributed by atoms with Crippen molar-refractivity contribution in [3.8, 4) is 0 Å². The van der Waals surface area contributed by atoms with Gasteiger partial charge in [0.1, 0.15) is 0 Å². The van der Waals surface area contributed by atoms with Crippen LogP contribution in [0.25, 0.3) is 0 Å². The fraction of sp³-hybridized carbons (Fsp3) is 0.938. The SMILES string of the molecule is CCCCCCCCCCCCCCC(C)CCC=CCCCCCCCOC1CCCCO1. The highest BCUT2D eigenvalue weighted by Gasteiger charge is 2.13. The smallest absolute Gasteiger partial charge is 0.157 e. The molecule has 2 atom stereocenters. The largest absolute Gasteiger partial charge is 0.353 e. The number of hydrogen-bond donors (Lipinski definition) is 0. The van der Waals surface area contributed by atoms with Crippen molar-refractivity contribution < 1.29 is 9.47 Å². The molecule has 1 rings (SSSR count). The number of hydrogen-bond acceptors (Lipinski definition) is 2. The Morgan fingerprint density at radius 1 is 0.676 bits per heavy atom. The van der Waals surface area contributed by atoms with Gasteiger partial charge < -0.3 is 9.47 Å². The number of ether oxygens (including phenoxy) is 2. The van der Waals surface area contributed by atoms with Gasteiger partial charge in [-0.2, -0.15) is 0 Å². The zero-order chi connectivity index (χ0) is 24.4. The van der Waals surface area contributed by atoms with Gasteiger partial charge in [-0.25, -0.2) is 0 Å². The minimum atomic E-state index is 0.0890. The van der Waals surface area contributed by atoms with Gasteiger partial charge in [0.2, 0.25) is 0 Å². The lowest BCUT2D eigenvalue weighted by molar-refractivity contribution is -0.162. The van der Waals surface area contributed by atoms with E-state index in [4.69, 9.17) is 9.47 Å². The first-order valence-electron chi connectivity index (χ1n) is 15.7. The first-order chi connectivity index (χ1) is 16.8. The third-order valence-electron chi connectivity index (χ3n) is 7.50. The molecule has 34 heavy (non-hydrogen) atoms. The summed E-state index contributed by atoms with van der Waals surface area (Å²) < 4.78 is 11.4. The maximum Gasteiger partial charge on any atom is 0.157 e. The van der Waals surface area contributed by atoms with Crippen LogP contribution in [0.5, 0.6) is 0 Å². The third kappa shape index (κ3) is 22.1. The van der Waals surface area contributed by atoms with E-state index in [2.05, 4.69) is 26.0 Å². The Hall–Kier alpha value is -0.340. The minimum absolute atomic E-state index is 0.0890. The number of rotatable bonds is 25. The summed E-state index contributed by atoms with van der Waals surface area (Å²) in [5.74, 6) is 0.897. The van der Waals surface area contributed by atoms with Crippen LogP contribution >= 0.6 is 0 Å². The molecule has 1 saturated heterocycles. The van der Waals surface area contributed by atoms with Crippen LogP contribution in [0.1, 0.15) is 168 Å². The van der Waals surface area contributed by atoms with Crippen molar-refractivity contribution >= 4 is 0 Å². The Morgan fingerprint density at radius 2 is 1.26 bits per heavy atom. The van der Waals surface area contributed by atoms with Gasteiger partial charge in [-0.15, -0.1) is 0 Å². The van der Waals surface area contributed by atoms with E-state index in [9.17, 15) is 0 Å². The van der Waals surface area contributed by atoms with Gasteiger partial charge in [-0.1, -0.05) is 129 Å². The monoisotopic (exact) mass is 478 g/mol. The van der Waals surface area contributed by atoms with Crippen molar-refractivity contribution in [2.24, 2.45) is 5.92 Å². The lowest BCUT2D eigenvalue weighted by Gasteiger charge is -2.22. The Kier molecular flexibility index (Phi) is 24.0. The summed E-state index contributed by atoms with van der Waals surface area (Å²) in [4.78, 5) is 0. The maximum atomic E-state index is 5.81. The molecule has 0 aliphatic carbocycles. The molecule has 1 aliphatic rings. The van der Waals surface area contributed by atoms with Gasteiger partial charge in [0.05, 0.1) is 0 Å². The molecule has 2 nitrogen and oxygen atoms in total. The van der Waals surface area contributed by atoms with Crippen LogP contribution in [0.3, 0.4) is 0 Å². The van der Waals surface area contributed by atoms with E-state index in [1.165, 1.54) is 148 Å². The highest BCUT2D eigenvalue weighted by atomic mass is 16.7. The first-order valence-corrected chi connectivity index (χ1v) is 15.7. The van der Waals surface area contributed by atoms with Crippen LogP contribution in [0.2, 0.25) is 0 Å². The Morgan fingerprint density at radius 3 is 1.91 bits per heavy atom. The average Bonchev–Trinajstić information content (AvgIpc) is 2.86. The molecule has 2 heteroatoms. The molecule has 0 aromatic heterocycles. The quantitative estimate of drug-likeness (QED) is 0.0959. The number of allylic oxidation sites excluding steroid dienone is 2. The zero-order valence-corrected chi connectivity index (χ0v) is 23.5. The van der Waals surface area contributed by atoms with E-state index in [-0.39, 0.29) is 6.29 Å². The van der Waals surface area contributed by atoms with E-state index >= 15 is 0 Å². The molecule has 2 unspecified atom stereocenters. The Balaban J connectivity index is 1.73. The second-order valence-corrected chi connectivity index (χ2v) is 11.1. The molecule has 0 aromatic rings. The minimum Gasteiger partial charge on any atom is -0.353 e. The van der Waals surface area contributed by atoms with Crippen LogP contribution in [0, 0.1) is 5.92 Å². The Labute approximate surface area is 215 Å². The molecule has 202 valence electrons. The molecule has 1 heterocycles. The van der Waals surface area contributed by atoms with E-state index in [0.717, 1.165) is 25.6 Å². The van der Waals surface area contributed by atoms with Gasteiger partial charge in [-0.3, -0.25) is 0 Å². The summed E-state index contributed by atoms with van der Waals surface area (Å²) >= 11 is 0. The van der Waals surface area contributed by atoms with Gasteiger partial charge >= 0.3 is 0 Å².